The Balaban J connectivity index is 1.62. The number of amides is 2. The summed E-state index contributed by atoms with van der Waals surface area (Å²) in [6, 6.07) is -0.149. The lowest BCUT2D eigenvalue weighted by atomic mass is 9.92. The number of nitrogens with one attached hydrogen (secondary N) is 1. The molecule has 24 heavy (non-hydrogen) atoms. The van der Waals surface area contributed by atoms with Gasteiger partial charge in [-0.15, -0.1) is 11.3 Å². The van der Waals surface area contributed by atoms with Crippen molar-refractivity contribution < 1.29 is 9.90 Å². The van der Waals surface area contributed by atoms with Crippen LogP contribution in [0, 0.1) is 5.92 Å². The van der Waals surface area contributed by atoms with Crippen molar-refractivity contribution in [3.8, 4) is 0 Å². The van der Waals surface area contributed by atoms with Crippen LogP contribution in [-0.2, 0) is 13.5 Å². The Morgan fingerprint density at radius 1 is 1.54 bits per heavy atom. The maximum absolute atomic E-state index is 12.5. The van der Waals surface area contributed by atoms with E-state index in [2.05, 4.69) is 22.2 Å². The van der Waals surface area contributed by atoms with Gasteiger partial charge in [-0.25, -0.2) is 14.8 Å². The standard InChI is InChI=1S/C16H23N5O2S/c1-3-12-9-18-15(24-12)19-16(23)21-7-4-5-11(10-21)13(22)14-17-6-8-20(14)2/h6,8-9,11,13,22H,3-5,7,10H2,1-2H3,(H,18,19,23). The van der Waals surface area contributed by atoms with Crippen LogP contribution in [0.1, 0.15) is 36.6 Å². The van der Waals surface area contributed by atoms with Gasteiger partial charge in [0.25, 0.3) is 0 Å². The summed E-state index contributed by atoms with van der Waals surface area (Å²) in [5, 5.41) is 14.1. The van der Waals surface area contributed by atoms with Crippen LogP contribution in [0.3, 0.4) is 0 Å². The van der Waals surface area contributed by atoms with Gasteiger partial charge in [0.15, 0.2) is 5.13 Å². The van der Waals surface area contributed by atoms with Crippen LogP contribution in [0.5, 0.6) is 0 Å². The molecular weight excluding hydrogens is 326 g/mol. The molecule has 130 valence electrons. The van der Waals surface area contributed by atoms with E-state index in [4.69, 9.17) is 0 Å². The van der Waals surface area contributed by atoms with Crippen molar-refractivity contribution in [3.05, 3.63) is 29.3 Å². The third-order valence-electron chi connectivity index (χ3n) is 4.43. The van der Waals surface area contributed by atoms with E-state index in [1.54, 1.807) is 17.3 Å². The van der Waals surface area contributed by atoms with E-state index in [-0.39, 0.29) is 11.9 Å². The Morgan fingerprint density at radius 2 is 2.38 bits per heavy atom. The Kier molecular flexibility index (Phi) is 5.15. The number of nitrogens with zero attached hydrogens (tertiary/aromatic N) is 4. The van der Waals surface area contributed by atoms with E-state index in [1.807, 2.05) is 17.8 Å². The predicted molar refractivity (Wildman–Crippen MR) is 93.0 cm³/mol. The number of rotatable bonds is 4. The molecule has 3 rings (SSSR count). The molecule has 2 N–H and O–H groups in total. The van der Waals surface area contributed by atoms with Crippen LogP contribution in [0.4, 0.5) is 9.93 Å². The van der Waals surface area contributed by atoms with E-state index < -0.39 is 6.10 Å². The molecule has 0 spiro atoms. The Hall–Kier alpha value is -1.93. The molecule has 0 saturated carbocycles. The Bertz CT molecular complexity index is 698. The van der Waals surface area contributed by atoms with Gasteiger partial charge in [0, 0.05) is 49.5 Å². The second-order valence-electron chi connectivity index (χ2n) is 6.10. The minimum atomic E-state index is -0.660. The number of likely N-dealkylation sites (tertiary alicyclic amines) is 1. The number of imidazole rings is 1. The van der Waals surface area contributed by atoms with Crippen LogP contribution >= 0.6 is 11.3 Å². The van der Waals surface area contributed by atoms with Gasteiger partial charge in [-0.05, 0) is 19.3 Å². The number of urea groups is 1. The molecule has 1 aliphatic heterocycles. The van der Waals surface area contributed by atoms with Crippen molar-refractivity contribution in [2.45, 2.75) is 32.3 Å². The third kappa shape index (κ3) is 3.59. The van der Waals surface area contributed by atoms with Crippen molar-refractivity contribution in [3.63, 3.8) is 0 Å². The number of aromatic nitrogens is 3. The number of anilines is 1. The van der Waals surface area contributed by atoms with Crippen LogP contribution in [0.2, 0.25) is 0 Å². The van der Waals surface area contributed by atoms with Crippen LogP contribution in [-0.4, -0.2) is 43.7 Å². The zero-order valence-corrected chi connectivity index (χ0v) is 14.8. The molecule has 1 aliphatic rings. The molecule has 2 atom stereocenters. The summed E-state index contributed by atoms with van der Waals surface area (Å²) in [4.78, 5) is 23.8. The molecule has 2 aromatic heterocycles. The molecule has 0 radical (unpaired) electrons. The molecule has 0 aliphatic carbocycles. The van der Waals surface area contributed by atoms with E-state index >= 15 is 0 Å². The Morgan fingerprint density at radius 3 is 3.04 bits per heavy atom. The zero-order chi connectivity index (χ0) is 17.1. The van der Waals surface area contributed by atoms with Crippen molar-refractivity contribution in [1.29, 1.82) is 0 Å². The smallest absolute Gasteiger partial charge is 0.323 e. The topological polar surface area (TPSA) is 83.3 Å². The van der Waals surface area contributed by atoms with Gasteiger partial charge in [-0.2, -0.15) is 0 Å². The average molecular weight is 349 g/mol. The van der Waals surface area contributed by atoms with Crippen molar-refractivity contribution in [1.82, 2.24) is 19.4 Å². The number of hydrogen-bond acceptors (Lipinski definition) is 5. The van der Waals surface area contributed by atoms with Gasteiger partial charge < -0.3 is 14.6 Å². The normalized spacial score (nSPS) is 19.3. The quantitative estimate of drug-likeness (QED) is 0.888. The molecule has 1 fully saturated rings. The largest absolute Gasteiger partial charge is 0.385 e. The zero-order valence-electron chi connectivity index (χ0n) is 14.0. The fraction of sp³-hybridized carbons (Fsp3) is 0.562. The van der Waals surface area contributed by atoms with Gasteiger partial charge in [0.05, 0.1) is 0 Å². The van der Waals surface area contributed by atoms with E-state index in [0.717, 1.165) is 24.1 Å². The molecule has 2 amide bonds. The summed E-state index contributed by atoms with van der Waals surface area (Å²) in [7, 11) is 1.87. The van der Waals surface area contributed by atoms with Crippen molar-refractivity contribution in [2.24, 2.45) is 13.0 Å². The maximum Gasteiger partial charge on any atom is 0.323 e. The van der Waals surface area contributed by atoms with Gasteiger partial charge >= 0.3 is 6.03 Å². The lowest BCUT2D eigenvalue weighted by Gasteiger charge is -2.34. The fourth-order valence-electron chi connectivity index (χ4n) is 3.02. The highest BCUT2D eigenvalue weighted by molar-refractivity contribution is 7.15. The highest BCUT2D eigenvalue weighted by atomic mass is 32.1. The third-order valence-corrected chi connectivity index (χ3v) is 5.49. The fourth-order valence-corrected chi connectivity index (χ4v) is 3.77. The number of hydrogen-bond donors (Lipinski definition) is 2. The Labute approximate surface area is 145 Å². The first kappa shape index (κ1) is 16.9. The van der Waals surface area contributed by atoms with Crippen LogP contribution < -0.4 is 5.32 Å². The molecular formula is C16H23N5O2S. The van der Waals surface area contributed by atoms with E-state index in [9.17, 15) is 9.90 Å². The molecule has 0 bridgehead atoms. The molecule has 1 saturated heterocycles. The molecule has 2 aromatic rings. The average Bonchev–Trinajstić information content (AvgIpc) is 3.23. The van der Waals surface area contributed by atoms with E-state index in [0.29, 0.717) is 24.0 Å². The molecule has 7 nitrogen and oxygen atoms in total. The number of aliphatic hydroxyl groups is 1. The van der Waals surface area contributed by atoms with Gasteiger partial charge in [-0.1, -0.05) is 6.92 Å². The summed E-state index contributed by atoms with van der Waals surface area (Å²) in [6.07, 6.45) is 7.30. The number of carbonyl (C=O) groups is 1. The molecule has 2 unspecified atom stereocenters. The summed E-state index contributed by atoms with van der Waals surface area (Å²) in [5.41, 5.74) is 0. The lowest BCUT2D eigenvalue weighted by Crippen LogP contribution is -2.44. The van der Waals surface area contributed by atoms with Gasteiger partial charge in [0.1, 0.15) is 11.9 Å². The van der Waals surface area contributed by atoms with E-state index in [1.165, 1.54) is 11.3 Å². The minimum Gasteiger partial charge on any atom is -0.385 e. The number of piperidine rings is 1. The molecule has 3 heterocycles. The second-order valence-corrected chi connectivity index (χ2v) is 7.22. The SMILES string of the molecule is CCc1cnc(NC(=O)N2CCCC(C(O)c3nccn3C)C2)s1. The highest BCUT2D eigenvalue weighted by Gasteiger charge is 2.31. The summed E-state index contributed by atoms with van der Waals surface area (Å²) >= 11 is 1.50. The van der Waals surface area contributed by atoms with Crippen molar-refractivity contribution >= 4 is 22.5 Å². The highest BCUT2D eigenvalue weighted by Crippen LogP contribution is 2.29. The first-order valence-corrected chi connectivity index (χ1v) is 9.06. The monoisotopic (exact) mass is 349 g/mol. The number of aryl methyl sites for hydroxylation is 2. The minimum absolute atomic E-state index is 0.00639. The molecule has 8 heteroatoms. The second kappa shape index (κ2) is 7.31. The van der Waals surface area contributed by atoms with Crippen molar-refractivity contribution in [2.75, 3.05) is 18.4 Å². The maximum atomic E-state index is 12.5. The molecule has 0 aromatic carbocycles. The van der Waals surface area contributed by atoms with Crippen LogP contribution in [0.25, 0.3) is 0 Å². The number of carbonyl (C=O) groups excluding carboxylic acids is 1. The first-order chi connectivity index (χ1) is 11.6. The number of aliphatic hydroxyl groups excluding tert-OH is 1. The summed E-state index contributed by atoms with van der Waals surface area (Å²) in [5.74, 6) is 0.642. The summed E-state index contributed by atoms with van der Waals surface area (Å²) in [6.45, 7) is 3.28. The first-order valence-electron chi connectivity index (χ1n) is 8.24. The van der Waals surface area contributed by atoms with Gasteiger partial charge in [0.2, 0.25) is 0 Å². The lowest BCUT2D eigenvalue weighted by molar-refractivity contribution is 0.0552. The van der Waals surface area contributed by atoms with Gasteiger partial charge in [-0.3, -0.25) is 5.32 Å². The predicted octanol–water partition coefficient (Wildman–Crippen LogP) is 2.42. The van der Waals surface area contributed by atoms with Crippen LogP contribution in [0.15, 0.2) is 18.6 Å². The number of thiazole rings is 1. The summed E-state index contributed by atoms with van der Waals surface area (Å²) < 4.78 is 1.82.